The third kappa shape index (κ3) is 4.46. The summed E-state index contributed by atoms with van der Waals surface area (Å²) in [6.07, 6.45) is 0. The molecule has 132 valence electrons. The van der Waals surface area contributed by atoms with Crippen molar-refractivity contribution in [3.63, 3.8) is 0 Å². The summed E-state index contributed by atoms with van der Waals surface area (Å²) in [7, 11) is 2.09. The van der Waals surface area contributed by atoms with E-state index in [1.165, 1.54) is 5.56 Å². The predicted octanol–water partition coefficient (Wildman–Crippen LogP) is 3.89. The van der Waals surface area contributed by atoms with E-state index in [1.54, 1.807) is 18.2 Å². The lowest BCUT2D eigenvalue weighted by molar-refractivity contribution is -0.136. The molecule has 6 heteroatoms. The molecule has 1 aliphatic rings. The van der Waals surface area contributed by atoms with Crippen LogP contribution in [0.5, 0.6) is 5.75 Å². The van der Waals surface area contributed by atoms with Crippen LogP contribution in [0, 0.1) is 0 Å². The number of halogens is 2. The molecule has 0 radical (unpaired) electrons. The second-order valence-electron chi connectivity index (χ2n) is 6.11. The van der Waals surface area contributed by atoms with Crippen LogP contribution in [-0.4, -0.2) is 49.0 Å². The Morgan fingerprint density at radius 1 is 1.16 bits per heavy atom. The van der Waals surface area contributed by atoms with Gasteiger partial charge in [-0.2, -0.15) is 0 Å². The van der Waals surface area contributed by atoms with Gasteiger partial charge in [0.05, 0.1) is 11.1 Å². The quantitative estimate of drug-likeness (QED) is 0.808. The zero-order valence-corrected chi connectivity index (χ0v) is 15.5. The first kappa shape index (κ1) is 18.1. The van der Waals surface area contributed by atoms with Gasteiger partial charge in [0.2, 0.25) is 0 Å². The Morgan fingerprint density at radius 2 is 1.92 bits per heavy atom. The van der Waals surface area contributed by atoms with Crippen molar-refractivity contribution < 1.29 is 9.53 Å². The SMILES string of the molecule is CN1CCN(C(=O)COc2cc(Cl)ccc2Cl)CC1c1ccccc1. The molecule has 0 bridgehead atoms. The van der Waals surface area contributed by atoms with Gasteiger partial charge in [-0.1, -0.05) is 53.5 Å². The molecule has 25 heavy (non-hydrogen) atoms. The van der Waals surface area contributed by atoms with Gasteiger partial charge in [0.15, 0.2) is 6.61 Å². The average Bonchev–Trinajstić information content (AvgIpc) is 2.63. The van der Waals surface area contributed by atoms with Gasteiger partial charge in [-0.25, -0.2) is 0 Å². The highest BCUT2D eigenvalue weighted by Crippen LogP contribution is 2.28. The maximum absolute atomic E-state index is 12.6. The minimum Gasteiger partial charge on any atom is -0.482 e. The fourth-order valence-electron chi connectivity index (χ4n) is 2.95. The summed E-state index contributed by atoms with van der Waals surface area (Å²) in [5.41, 5.74) is 1.21. The second-order valence-corrected chi connectivity index (χ2v) is 6.95. The molecule has 0 spiro atoms. The maximum Gasteiger partial charge on any atom is 0.260 e. The Kier molecular flexibility index (Phi) is 5.84. The zero-order valence-electron chi connectivity index (χ0n) is 14.0. The van der Waals surface area contributed by atoms with Crippen LogP contribution in [-0.2, 0) is 4.79 Å². The Hall–Kier alpha value is -1.75. The van der Waals surface area contributed by atoms with Crippen LogP contribution in [0.2, 0.25) is 10.0 Å². The summed E-state index contributed by atoms with van der Waals surface area (Å²) in [6, 6.07) is 15.4. The third-order valence-corrected chi connectivity index (χ3v) is 4.98. The molecular weight excluding hydrogens is 359 g/mol. The number of benzene rings is 2. The minimum absolute atomic E-state index is 0.0503. The molecule has 0 aromatic heterocycles. The highest BCUT2D eigenvalue weighted by atomic mass is 35.5. The van der Waals surface area contributed by atoms with Crippen molar-refractivity contribution in [2.45, 2.75) is 6.04 Å². The summed E-state index contributed by atoms with van der Waals surface area (Å²) in [5, 5.41) is 0.966. The van der Waals surface area contributed by atoms with Crippen LogP contribution in [0.1, 0.15) is 11.6 Å². The highest BCUT2D eigenvalue weighted by Gasteiger charge is 2.28. The minimum atomic E-state index is -0.0509. The van der Waals surface area contributed by atoms with Gasteiger partial charge in [-0.3, -0.25) is 9.69 Å². The van der Waals surface area contributed by atoms with Crippen LogP contribution in [0.25, 0.3) is 0 Å². The first-order chi connectivity index (χ1) is 12.0. The number of carbonyl (C=O) groups excluding carboxylic acids is 1. The van der Waals surface area contributed by atoms with Crippen molar-refractivity contribution in [3.8, 4) is 5.75 Å². The number of likely N-dealkylation sites (N-methyl/N-ethyl adjacent to an activating group) is 1. The summed E-state index contributed by atoms with van der Waals surface area (Å²) in [5.74, 6) is 0.376. The highest BCUT2D eigenvalue weighted by molar-refractivity contribution is 6.34. The molecule has 1 aliphatic heterocycles. The Bertz CT molecular complexity index is 739. The molecule has 2 aromatic rings. The van der Waals surface area contributed by atoms with Gasteiger partial charge in [-0.05, 0) is 24.7 Å². The molecule has 3 rings (SSSR count). The number of ether oxygens (including phenoxy) is 1. The maximum atomic E-state index is 12.6. The van der Waals surface area contributed by atoms with Crippen molar-refractivity contribution in [1.82, 2.24) is 9.80 Å². The molecule has 1 saturated heterocycles. The summed E-state index contributed by atoms with van der Waals surface area (Å²) < 4.78 is 5.58. The van der Waals surface area contributed by atoms with Crippen molar-refractivity contribution in [2.24, 2.45) is 0 Å². The zero-order chi connectivity index (χ0) is 17.8. The number of rotatable bonds is 4. The number of carbonyl (C=O) groups is 1. The number of hydrogen-bond acceptors (Lipinski definition) is 3. The van der Waals surface area contributed by atoms with Crippen LogP contribution in [0.3, 0.4) is 0 Å². The van der Waals surface area contributed by atoms with Gasteiger partial charge < -0.3 is 9.64 Å². The number of piperazine rings is 1. The Morgan fingerprint density at radius 3 is 2.68 bits per heavy atom. The number of nitrogens with zero attached hydrogens (tertiary/aromatic N) is 2. The first-order valence-corrected chi connectivity index (χ1v) is 8.91. The number of amides is 1. The monoisotopic (exact) mass is 378 g/mol. The van der Waals surface area contributed by atoms with Crippen LogP contribution in [0.4, 0.5) is 0 Å². The van der Waals surface area contributed by atoms with Crippen LogP contribution < -0.4 is 4.74 Å². The topological polar surface area (TPSA) is 32.8 Å². The van der Waals surface area contributed by atoms with Crippen molar-refractivity contribution >= 4 is 29.1 Å². The molecule has 1 unspecified atom stereocenters. The molecule has 0 aliphatic carbocycles. The molecule has 1 atom stereocenters. The van der Waals surface area contributed by atoms with E-state index in [4.69, 9.17) is 27.9 Å². The third-order valence-electron chi connectivity index (χ3n) is 4.43. The summed E-state index contributed by atoms with van der Waals surface area (Å²) >= 11 is 12.0. The molecule has 4 nitrogen and oxygen atoms in total. The lowest BCUT2D eigenvalue weighted by Crippen LogP contribution is -2.50. The van der Waals surface area contributed by atoms with Gasteiger partial charge >= 0.3 is 0 Å². The molecule has 0 saturated carbocycles. The van der Waals surface area contributed by atoms with Gasteiger partial charge in [0.25, 0.3) is 5.91 Å². The smallest absolute Gasteiger partial charge is 0.260 e. The van der Waals surface area contributed by atoms with E-state index < -0.39 is 0 Å². The average molecular weight is 379 g/mol. The molecule has 0 N–H and O–H groups in total. The van der Waals surface area contributed by atoms with E-state index in [1.807, 2.05) is 23.1 Å². The lowest BCUT2D eigenvalue weighted by Gasteiger charge is -2.39. The normalized spacial score (nSPS) is 18.2. The van der Waals surface area contributed by atoms with Crippen molar-refractivity contribution in [1.29, 1.82) is 0 Å². The Balaban J connectivity index is 1.63. The summed E-state index contributed by atoms with van der Waals surface area (Å²) in [6.45, 7) is 2.10. The number of hydrogen-bond donors (Lipinski definition) is 0. The lowest BCUT2D eigenvalue weighted by atomic mass is 10.0. The van der Waals surface area contributed by atoms with Crippen molar-refractivity contribution in [2.75, 3.05) is 33.3 Å². The molecule has 1 heterocycles. The van der Waals surface area contributed by atoms with E-state index >= 15 is 0 Å². The van der Waals surface area contributed by atoms with Crippen LogP contribution in [0.15, 0.2) is 48.5 Å². The fourth-order valence-corrected chi connectivity index (χ4v) is 3.29. The molecule has 1 amide bonds. The summed E-state index contributed by atoms with van der Waals surface area (Å²) in [4.78, 5) is 16.7. The van der Waals surface area contributed by atoms with E-state index in [9.17, 15) is 4.79 Å². The standard InChI is InChI=1S/C19H20Cl2N2O2/c1-22-9-10-23(12-17(22)14-5-3-2-4-6-14)19(24)13-25-18-11-15(20)7-8-16(18)21/h2-8,11,17H,9-10,12-13H2,1H3. The predicted molar refractivity (Wildman–Crippen MR) is 100 cm³/mol. The van der Waals surface area contributed by atoms with Crippen molar-refractivity contribution in [3.05, 3.63) is 64.1 Å². The Labute approximate surface area is 157 Å². The molecule has 1 fully saturated rings. The van der Waals surface area contributed by atoms with Gasteiger partial charge in [0, 0.05) is 30.7 Å². The molecule has 2 aromatic carbocycles. The van der Waals surface area contributed by atoms with Gasteiger partial charge in [0.1, 0.15) is 5.75 Å². The molecular formula is C19H20Cl2N2O2. The van der Waals surface area contributed by atoms with E-state index in [0.717, 1.165) is 6.54 Å². The first-order valence-electron chi connectivity index (χ1n) is 8.15. The van der Waals surface area contributed by atoms with Gasteiger partial charge in [-0.15, -0.1) is 0 Å². The van der Waals surface area contributed by atoms with Crippen LogP contribution >= 0.6 is 23.2 Å². The van der Waals surface area contributed by atoms with E-state index in [2.05, 4.69) is 24.1 Å². The van der Waals surface area contributed by atoms with E-state index in [0.29, 0.717) is 28.9 Å². The fraction of sp³-hybridized carbons (Fsp3) is 0.316. The largest absolute Gasteiger partial charge is 0.482 e. The van der Waals surface area contributed by atoms with E-state index in [-0.39, 0.29) is 18.6 Å². The second kappa shape index (κ2) is 8.09.